The number of hydrogen-bond acceptors (Lipinski definition) is 3. The lowest BCUT2D eigenvalue weighted by Gasteiger charge is -2.27. The number of likely N-dealkylation sites (N-methyl/N-ethyl adjacent to an activating group) is 1. The van der Waals surface area contributed by atoms with Crippen LogP contribution < -0.4 is 5.73 Å². The highest BCUT2D eigenvalue weighted by molar-refractivity contribution is 5.22. The second kappa shape index (κ2) is 6.11. The lowest BCUT2D eigenvalue weighted by atomic mass is 10.0. The molecule has 0 amide bonds. The molecule has 1 aromatic carbocycles. The monoisotopic (exact) mass is 280 g/mol. The first-order valence-electron chi connectivity index (χ1n) is 6.33. The van der Waals surface area contributed by atoms with Gasteiger partial charge in [-0.1, -0.05) is 0 Å². The Kier molecular flexibility index (Phi) is 4.46. The van der Waals surface area contributed by atoms with Crippen molar-refractivity contribution in [1.82, 2.24) is 14.7 Å². The molecule has 2 aromatic rings. The molecule has 0 aliphatic carbocycles. The first-order chi connectivity index (χ1) is 9.49. The van der Waals surface area contributed by atoms with Crippen molar-refractivity contribution >= 4 is 0 Å². The molecule has 0 aliphatic rings. The molecule has 0 saturated heterocycles. The van der Waals surface area contributed by atoms with E-state index < -0.39 is 11.6 Å². The largest absolute Gasteiger partial charge is 0.329 e. The number of aromatic nitrogens is 2. The number of benzene rings is 1. The zero-order chi connectivity index (χ0) is 14.7. The minimum absolute atomic E-state index is 0.250. The maximum Gasteiger partial charge on any atom is 0.126 e. The highest BCUT2D eigenvalue weighted by atomic mass is 19.1. The summed E-state index contributed by atoms with van der Waals surface area (Å²) in [4.78, 5) is 1.95. The van der Waals surface area contributed by atoms with Gasteiger partial charge in [0, 0.05) is 44.0 Å². The summed E-state index contributed by atoms with van der Waals surface area (Å²) in [5, 5.41) is 4.09. The van der Waals surface area contributed by atoms with E-state index in [4.69, 9.17) is 5.73 Å². The van der Waals surface area contributed by atoms with Crippen molar-refractivity contribution in [3.05, 3.63) is 53.4 Å². The molecule has 0 bridgehead atoms. The standard InChI is InChI=1S/C14H18F2N4/c1-19(8-10-7-18-20(2)9-10)14(6-17)11-3-12(15)5-13(16)4-11/h3-5,7,9,14H,6,8,17H2,1-2H3. The topological polar surface area (TPSA) is 47.1 Å². The van der Waals surface area contributed by atoms with Crippen LogP contribution in [0.5, 0.6) is 0 Å². The number of halogens is 2. The molecule has 1 unspecified atom stereocenters. The summed E-state index contributed by atoms with van der Waals surface area (Å²) in [7, 11) is 3.71. The average Bonchev–Trinajstić information content (AvgIpc) is 2.74. The number of hydrogen-bond donors (Lipinski definition) is 1. The molecule has 6 heteroatoms. The van der Waals surface area contributed by atoms with E-state index in [1.165, 1.54) is 12.1 Å². The number of nitrogens with two attached hydrogens (primary N) is 1. The normalized spacial score (nSPS) is 12.9. The maximum atomic E-state index is 13.3. The minimum atomic E-state index is -0.590. The molecular formula is C14H18F2N4. The van der Waals surface area contributed by atoms with Crippen molar-refractivity contribution in [2.24, 2.45) is 12.8 Å². The van der Waals surface area contributed by atoms with Gasteiger partial charge < -0.3 is 5.73 Å². The Labute approximate surface area is 116 Å². The number of aryl methyl sites for hydroxylation is 1. The fourth-order valence-corrected chi connectivity index (χ4v) is 2.29. The number of rotatable bonds is 5. The molecule has 0 radical (unpaired) electrons. The minimum Gasteiger partial charge on any atom is -0.329 e. The Balaban J connectivity index is 2.18. The molecule has 1 heterocycles. The smallest absolute Gasteiger partial charge is 0.126 e. The summed E-state index contributed by atoms with van der Waals surface area (Å²) < 4.78 is 28.3. The fraction of sp³-hybridized carbons (Fsp3) is 0.357. The molecule has 108 valence electrons. The van der Waals surface area contributed by atoms with Crippen LogP contribution in [-0.2, 0) is 13.6 Å². The van der Waals surface area contributed by atoms with Gasteiger partial charge in [0.2, 0.25) is 0 Å². The van der Waals surface area contributed by atoms with Gasteiger partial charge in [-0.2, -0.15) is 5.10 Å². The summed E-state index contributed by atoms with van der Waals surface area (Å²) in [6, 6.07) is 3.25. The van der Waals surface area contributed by atoms with Gasteiger partial charge in [0.25, 0.3) is 0 Å². The second-order valence-electron chi connectivity index (χ2n) is 4.89. The van der Waals surface area contributed by atoms with Crippen molar-refractivity contribution in [3.63, 3.8) is 0 Å². The van der Waals surface area contributed by atoms with Crippen LogP contribution in [0.3, 0.4) is 0 Å². The Morgan fingerprint density at radius 3 is 2.45 bits per heavy atom. The van der Waals surface area contributed by atoms with E-state index >= 15 is 0 Å². The molecule has 4 nitrogen and oxygen atoms in total. The molecular weight excluding hydrogens is 262 g/mol. The Morgan fingerprint density at radius 2 is 1.95 bits per heavy atom. The van der Waals surface area contributed by atoms with Crippen LogP contribution in [0, 0.1) is 11.6 Å². The molecule has 1 atom stereocenters. The van der Waals surface area contributed by atoms with Crippen molar-refractivity contribution in [1.29, 1.82) is 0 Å². The molecule has 2 N–H and O–H groups in total. The molecule has 20 heavy (non-hydrogen) atoms. The first kappa shape index (κ1) is 14.6. The van der Waals surface area contributed by atoms with E-state index in [0.29, 0.717) is 12.1 Å². The third kappa shape index (κ3) is 3.40. The summed E-state index contributed by atoms with van der Waals surface area (Å²) in [6.45, 7) is 0.882. The van der Waals surface area contributed by atoms with Gasteiger partial charge in [-0.25, -0.2) is 8.78 Å². The predicted molar refractivity (Wildman–Crippen MR) is 72.8 cm³/mol. The van der Waals surface area contributed by atoms with Crippen LogP contribution in [-0.4, -0.2) is 28.3 Å². The van der Waals surface area contributed by atoms with Gasteiger partial charge in [0.05, 0.1) is 6.20 Å². The molecule has 0 saturated carbocycles. The van der Waals surface area contributed by atoms with E-state index in [2.05, 4.69) is 5.10 Å². The Hall–Kier alpha value is -1.79. The first-order valence-corrected chi connectivity index (χ1v) is 6.33. The third-order valence-corrected chi connectivity index (χ3v) is 3.22. The molecule has 0 spiro atoms. The van der Waals surface area contributed by atoms with Gasteiger partial charge in [0.15, 0.2) is 0 Å². The lowest BCUT2D eigenvalue weighted by molar-refractivity contribution is 0.241. The van der Waals surface area contributed by atoms with E-state index in [9.17, 15) is 8.78 Å². The fourth-order valence-electron chi connectivity index (χ4n) is 2.29. The van der Waals surface area contributed by atoms with E-state index in [-0.39, 0.29) is 12.6 Å². The van der Waals surface area contributed by atoms with Crippen LogP contribution in [0.25, 0.3) is 0 Å². The van der Waals surface area contributed by atoms with E-state index in [0.717, 1.165) is 11.6 Å². The molecule has 0 fully saturated rings. The van der Waals surface area contributed by atoms with Gasteiger partial charge in [-0.05, 0) is 24.7 Å². The number of nitrogens with zero attached hydrogens (tertiary/aromatic N) is 3. The maximum absolute atomic E-state index is 13.3. The summed E-state index contributed by atoms with van der Waals surface area (Å²) in [5.74, 6) is -1.18. The van der Waals surface area contributed by atoms with Crippen molar-refractivity contribution in [3.8, 4) is 0 Å². The second-order valence-corrected chi connectivity index (χ2v) is 4.89. The quantitative estimate of drug-likeness (QED) is 0.909. The Bertz CT molecular complexity index is 562. The average molecular weight is 280 g/mol. The zero-order valence-electron chi connectivity index (χ0n) is 11.6. The van der Waals surface area contributed by atoms with Crippen LogP contribution in [0.1, 0.15) is 17.2 Å². The van der Waals surface area contributed by atoms with Crippen LogP contribution in [0.4, 0.5) is 8.78 Å². The van der Waals surface area contributed by atoms with Gasteiger partial charge >= 0.3 is 0 Å². The van der Waals surface area contributed by atoms with Crippen LogP contribution >= 0.6 is 0 Å². The van der Waals surface area contributed by atoms with Crippen molar-refractivity contribution < 1.29 is 8.78 Å². The van der Waals surface area contributed by atoms with Gasteiger partial charge in [-0.3, -0.25) is 9.58 Å². The SMILES string of the molecule is CN(Cc1cnn(C)c1)C(CN)c1cc(F)cc(F)c1. The highest BCUT2D eigenvalue weighted by Crippen LogP contribution is 2.22. The summed E-state index contributed by atoms with van der Waals surface area (Å²) >= 11 is 0. The molecule has 0 aliphatic heterocycles. The van der Waals surface area contributed by atoms with Gasteiger partial charge in [0.1, 0.15) is 11.6 Å². The summed E-state index contributed by atoms with van der Waals surface area (Å²) in [5.41, 5.74) is 7.31. The van der Waals surface area contributed by atoms with Crippen molar-refractivity contribution in [2.45, 2.75) is 12.6 Å². The van der Waals surface area contributed by atoms with E-state index in [1.54, 1.807) is 10.9 Å². The lowest BCUT2D eigenvalue weighted by Crippen LogP contribution is -2.30. The van der Waals surface area contributed by atoms with Crippen molar-refractivity contribution in [2.75, 3.05) is 13.6 Å². The van der Waals surface area contributed by atoms with E-state index in [1.807, 2.05) is 25.2 Å². The Morgan fingerprint density at radius 1 is 1.30 bits per heavy atom. The van der Waals surface area contributed by atoms with Gasteiger partial charge in [-0.15, -0.1) is 0 Å². The zero-order valence-corrected chi connectivity index (χ0v) is 11.6. The molecule has 1 aromatic heterocycles. The summed E-state index contributed by atoms with van der Waals surface area (Å²) in [6.07, 6.45) is 3.66. The highest BCUT2D eigenvalue weighted by Gasteiger charge is 2.17. The third-order valence-electron chi connectivity index (χ3n) is 3.22. The van der Waals surface area contributed by atoms with Crippen LogP contribution in [0.15, 0.2) is 30.6 Å². The predicted octanol–water partition coefficient (Wildman–Crippen LogP) is 1.83. The van der Waals surface area contributed by atoms with Crippen LogP contribution in [0.2, 0.25) is 0 Å². The molecule has 2 rings (SSSR count).